The highest BCUT2D eigenvalue weighted by atomic mass is 32.1. The van der Waals surface area contributed by atoms with E-state index < -0.39 is 0 Å². The third-order valence-corrected chi connectivity index (χ3v) is 8.56. The van der Waals surface area contributed by atoms with Gasteiger partial charge in [0.2, 0.25) is 6.79 Å². The first-order valence-electron chi connectivity index (χ1n) is 14.7. The smallest absolute Gasteiger partial charge is 0.273 e. The van der Waals surface area contributed by atoms with E-state index in [0.29, 0.717) is 43.2 Å². The number of likely N-dealkylation sites (N-methyl/N-ethyl adjacent to an activating group) is 1. The summed E-state index contributed by atoms with van der Waals surface area (Å²) in [6.07, 6.45) is 0.691. The molecule has 0 saturated heterocycles. The molecule has 0 aliphatic carbocycles. The van der Waals surface area contributed by atoms with Gasteiger partial charge in [-0.25, -0.2) is 4.98 Å². The Balaban J connectivity index is 1.26. The van der Waals surface area contributed by atoms with E-state index in [1.54, 1.807) is 19.1 Å². The normalized spacial score (nSPS) is 12.4. The summed E-state index contributed by atoms with van der Waals surface area (Å²) < 4.78 is 21.9. The summed E-state index contributed by atoms with van der Waals surface area (Å²) in [5.74, 6) is 2.82. The SMILES string of the molecule is COc1ccc(CCN(C)C(=O)c2csc(CN(Cc3ccc(C(C)(C)C)cc3)Cc3ccc4c(c3)OCO4)n2)cc1OC. The Bertz CT molecular complexity index is 1580. The zero-order valence-corrected chi connectivity index (χ0v) is 27.2. The summed E-state index contributed by atoms with van der Waals surface area (Å²) in [5.41, 5.74) is 5.29. The van der Waals surface area contributed by atoms with Gasteiger partial charge < -0.3 is 23.8 Å². The maximum atomic E-state index is 13.3. The Morgan fingerprint density at radius 2 is 1.55 bits per heavy atom. The third kappa shape index (κ3) is 7.70. The summed E-state index contributed by atoms with van der Waals surface area (Å²) in [5, 5.41) is 2.76. The van der Waals surface area contributed by atoms with Crippen molar-refractivity contribution >= 4 is 17.2 Å². The molecule has 1 aliphatic rings. The molecule has 0 spiro atoms. The van der Waals surface area contributed by atoms with Crippen molar-refractivity contribution in [1.29, 1.82) is 0 Å². The highest BCUT2D eigenvalue weighted by molar-refractivity contribution is 7.09. The Labute approximate surface area is 264 Å². The van der Waals surface area contributed by atoms with E-state index in [9.17, 15) is 4.79 Å². The van der Waals surface area contributed by atoms with Crippen molar-refractivity contribution in [3.63, 3.8) is 0 Å². The minimum atomic E-state index is -0.0898. The molecule has 0 bridgehead atoms. The topological polar surface area (TPSA) is 73.4 Å². The van der Waals surface area contributed by atoms with Crippen molar-refractivity contribution in [2.45, 2.75) is 52.2 Å². The molecule has 44 heavy (non-hydrogen) atoms. The van der Waals surface area contributed by atoms with E-state index in [2.05, 4.69) is 56.0 Å². The molecule has 0 unspecified atom stereocenters. The molecule has 4 aromatic rings. The fourth-order valence-electron chi connectivity index (χ4n) is 5.14. The van der Waals surface area contributed by atoms with E-state index in [1.165, 1.54) is 22.5 Å². The van der Waals surface area contributed by atoms with Crippen molar-refractivity contribution in [2.75, 3.05) is 34.6 Å². The van der Waals surface area contributed by atoms with Crippen LogP contribution in [0.4, 0.5) is 0 Å². The van der Waals surface area contributed by atoms with Crippen LogP contribution < -0.4 is 18.9 Å². The number of ether oxygens (including phenoxy) is 4. The predicted molar refractivity (Wildman–Crippen MR) is 173 cm³/mol. The van der Waals surface area contributed by atoms with Gasteiger partial charge in [0.05, 0.1) is 20.8 Å². The maximum Gasteiger partial charge on any atom is 0.273 e. The molecule has 0 fully saturated rings. The number of aromatic nitrogens is 1. The van der Waals surface area contributed by atoms with Crippen LogP contribution in [0.3, 0.4) is 0 Å². The first kappa shape index (κ1) is 31.3. The van der Waals surface area contributed by atoms with E-state index in [-0.39, 0.29) is 18.1 Å². The molecule has 8 nitrogen and oxygen atoms in total. The molecule has 0 saturated carbocycles. The van der Waals surface area contributed by atoms with Gasteiger partial charge in [-0.3, -0.25) is 9.69 Å². The minimum absolute atomic E-state index is 0.0898. The lowest BCUT2D eigenvalue weighted by atomic mass is 9.87. The van der Waals surface area contributed by atoms with Crippen LogP contribution in [0.1, 0.15) is 58.5 Å². The molecule has 5 rings (SSSR count). The molecule has 0 N–H and O–H groups in total. The van der Waals surface area contributed by atoms with Crippen LogP contribution in [-0.2, 0) is 31.5 Å². The first-order chi connectivity index (χ1) is 21.1. The Morgan fingerprint density at radius 3 is 2.27 bits per heavy atom. The molecule has 1 amide bonds. The van der Waals surface area contributed by atoms with Crippen molar-refractivity contribution in [2.24, 2.45) is 0 Å². The van der Waals surface area contributed by atoms with Crippen LogP contribution >= 0.6 is 11.3 Å². The van der Waals surface area contributed by atoms with Crippen molar-refractivity contribution in [1.82, 2.24) is 14.8 Å². The summed E-state index contributed by atoms with van der Waals surface area (Å²) in [6, 6.07) is 20.8. The Hall–Kier alpha value is -4.08. The lowest BCUT2D eigenvalue weighted by molar-refractivity contribution is 0.0791. The zero-order chi connectivity index (χ0) is 31.3. The van der Waals surface area contributed by atoms with Crippen molar-refractivity contribution < 1.29 is 23.7 Å². The zero-order valence-electron chi connectivity index (χ0n) is 26.4. The van der Waals surface area contributed by atoms with Crippen LogP contribution in [0.25, 0.3) is 0 Å². The number of carbonyl (C=O) groups excluding carboxylic acids is 1. The van der Waals surface area contributed by atoms with Crippen LogP contribution in [-0.4, -0.2) is 55.3 Å². The predicted octanol–water partition coefficient (Wildman–Crippen LogP) is 6.70. The minimum Gasteiger partial charge on any atom is -0.493 e. The molecular formula is C35H41N3O5S. The first-order valence-corrected chi connectivity index (χ1v) is 15.6. The van der Waals surface area contributed by atoms with Gasteiger partial charge in [-0.2, -0.15) is 0 Å². The largest absolute Gasteiger partial charge is 0.493 e. The second-order valence-electron chi connectivity index (χ2n) is 12.1. The van der Waals surface area contributed by atoms with E-state index >= 15 is 0 Å². The van der Waals surface area contributed by atoms with Gasteiger partial charge in [0.15, 0.2) is 23.0 Å². The van der Waals surface area contributed by atoms with E-state index in [1.807, 2.05) is 42.8 Å². The standard InChI is InChI=1S/C35H41N3O5S/c1-35(2,3)27-11-7-25(8-12-27)19-38(20-26-10-14-30-32(18-26)43-23-42-30)21-33-36-28(22-44-33)34(39)37(4)16-15-24-9-13-29(40-5)31(17-24)41-6/h7-14,17-18,22H,15-16,19-21,23H2,1-6H3. The summed E-state index contributed by atoms with van der Waals surface area (Å²) >= 11 is 1.52. The number of hydrogen-bond donors (Lipinski definition) is 0. The molecule has 3 aromatic carbocycles. The number of hydrogen-bond acceptors (Lipinski definition) is 8. The van der Waals surface area contributed by atoms with Gasteiger partial charge in [0.1, 0.15) is 10.7 Å². The van der Waals surface area contributed by atoms with Crippen LogP contribution in [0.2, 0.25) is 0 Å². The number of amides is 1. The molecule has 1 aromatic heterocycles. The maximum absolute atomic E-state index is 13.3. The molecule has 2 heterocycles. The van der Waals surface area contributed by atoms with Gasteiger partial charge in [-0.1, -0.05) is 57.2 Å². The lowest BCUT2D eigenvalue weighted by Gasteiger charge is -2.23. The number of thiazole rings is 1. The van der Waals surface area contributed by atoms with Gasteiger partial charge in [-0.15, -0.1) is 11.3 Å². The molecule has 0 atom stereocenters. The average Bonchev–Trinajstić information content (AvgIpc) is 3.68. The number of carbonyl (C=O) groups is 1. The second-order valence-corrected chi connectivity index (χ2v) is 13.0. The van der Waals surface area contributed by atoms with Crippen LogP contribution in [0.15, 0.2) is 66.0 Å². The second kappa shape index (κ2) is 13.7. The summed E-state index contributed by atoms with van der Waals surface area (Å²) in [6.45, 7) is 9.54. The molecule has 232 valence electrons. The highest BCUT2D eigenvalue weighted by Crippen LogP contribution is 2.33. The van der Waals surface area contributed by atoms with Gasteiger partial charge in [0, 0.05) is 32.1 Å². The van der Waals surface area contributed by atoms with Gasteiger partial charge >= 0.3 is 0 Å². The fourth-order valence-corrected chi connectivity index (χ4v) is 5.95. The molecule has 0 radical (unpaired) electrons. The number of benzene rings is 3. The quantitative estimate of drug-likeness (QED) is 0.176. The molecule has 9 heteroatoms. The number of fused-ring (bicyclic) bond motifs is 1. The highest BCUT2D eigenvalue weighted by Gasteiger charge is 2.20. The summed E-state index contributed by atoms with van der Waals surface area (Å²) in [4.78, 5) is 22.1. The summed E-state index contributed by atoms with van der Waals surface area (Å²) in [7, 11) is 5.05. The third-order valence-electron chi connectivity index (χ3n) is 7.73. The van der Waals surface area contributed by atoms with Gasteiger partial charge in [-0.05, 0) is 58.4 Å². The van der Waals surface area contributed by atoms with Crippen molar-refractivity contribution in [3.8, 4) is 23.0 Å². The molecule has 1 aliphatic heterocycles. The Kier molecular flexibility index (Phi) is 9.76. The number of methoxy groups -OCH3 is 2. The molecular weight excluding hydrogens is 574 g/mol. The monoisotopic (exact) mass is 615 g/mol. The van der Waals surface area contributed by atoms with Crippen LogP contribution in [0, 0.1) is 0 Å². The Morgan fingerprint density at radius 1 is 0.864 bits per heavy atom. The van der Waals surface area contributed by atoms with Crippen LogP contribution in [0.5, 0.6) is 23.0 Å². The van der Waals surface area contributed by atoms with Gasteiger partial charge in [0.25, 0.3) is 5.91 Å². The van der Waals surface area contributed by atoms with E-state index in [4.69, 9.17) is 23.9 Å². The number of nitrogens with zero attached hydrogens (tertiary/aromatic N) is 3. The average molecular weight is 616 g/mol. The lowest BCUT2D eigenvalue weighted by Crippen LogP contribution is -2.29. The number of rotatable bonds is 12. The van der Waals surface area contributed by atoms with Crippen molar-refractivity contribution in [3.05, 3.63) is 99.0 Å². The fraction of sp³-hybridized carbons (Fsp3) is 0.371. The van der Waals surface area contributed by atoms with E-state index in [0.717, 1.165) is 34.2 Å².